The van der Waals surface area contributed by atoms with Crippen LogP contribution in [-0.4, -0.2) is 10.8 Å². The first kappa shape index (κ1) is 16.0. The van der Waals surface area contributed by atoms with Crippen molar-refractivity contribution >= 4 is 27.7 Å². The van der Waals surface area contributed by atoms with Crippen LogP contribution in [0, 0.1) is 10.1 Å². The molecule has 2 aromatic heterocycles. The van der Waals surface area contributed by atoms with Crippen molar-refractivity contribution < 1.29 is 18.6 Å². The van der Waals surface area contributed by atoms with Gasteiger partial charge < -0.3 is 14.2 Å². The highest BCUT2D eigenvalue weighted by Crippen LogP contribution is 2.24. The molecule has 0 spiro atoms. The van der Waals surface area contributed by atoms with Crippen molar-refractivity contribution in [3.8, 4) is 11.3 Å². The number of halogens is 1. The molecule has 1 amide bonds. The second kappa shape index (κ2) is 6.71. The summed E-state index contributed by atoms with van der Waals surface area (Å²) in [6, 6.07) is 13.6. The zero-order chi connectivity index (χ0) is 17.1. The maximum absolute atomic E-state index is 11.9. The Kier molecular flexibility index (Phi) is 4.48. The maximum atomic E-state index is 11.9. The molecule has 0 unspecified atom stereocenters. The summed E-state index contributed by atoms with van der Waals surface area (Å²) in [4.78, 5) is 21.7. The van der Waals surface area contributed by atoms with Gasteiger partial charge in [0.25, 0.3) is 5.91 Å². The van der Waals surface area contributed by atoms with Crippen molar-refractivity contribution in [2.24, 2.45) is 0 Å². The van der Waals surface area contributed by atoms with E-state index in [1.807, 2.05) is 30.3 Å². The Balaban J connectivity index is 1.63. The van der Waals surface area contributed by atoms with Crippen molar-refractivity contribution in [2.45, 2.75) is 6.54 Å². The summed E-state index contributed by atoms with van der Waals surface area (Å²) in [6.07, 6.45) is 0. The Morgan fingerprint density at radius 1 is 1.08 bits per heavy atom. The number of carbonyl (C=O) groups excluding carboxylic acids is 1. The molecule has 0 atom stereocenters. The molecule has 0 saturated carbocycles. The Morgan fingerprint density at radius 2 is 1.83 bits per heavy atom. The van der Waals surface area contributed by atoms with Gasteiger partial charge in [0.2, 0.25) is 0 Å². The number of rotatable bonds is 5. The zero-order valence-corrected chi connectivity index (χ0v) is 13.8. The Labute approximate surface area is 144 Å². The van der Waals surface area contributed by atoms with E-state index in [-0.39, 0.29) is 12.3 Å². The fraction of sp³-hybridized carbons (Fsp3) is 0.0625. The molecule has 0 fully saturated rings. The highest BCUT2D eigenvalue weighted by molar-refractivity contribution is 9.10. The molecule has 122 valence electrons. The zero-order valence-electron chi connectivity index (χ0n) is 12.2. The summed E-state index contributed by atoms with van der Waals surface area (Å²) < 4.78 is 11.5. The quantitative estimate of drug-likeness (QED) is 0.521. The molecular weight excluding hydrogens is 380 g/mol. The Morgan fingerprint density at radius 3 is 2.50 bits per heavy atom. The number of nitrogens with zero attached hydrogens (tertiary/aromatic N) is 1. The van der Waals surface area contributed by atoms with Gasteiger partial charge in [0.15, 0.2) is 5.76 Å². The van der Waals surface area contributed by atoms with E-state index in [1.165, 1.54) is 6.07 Å². The maximum Gasteiger partial charge on any atom is 0.433 e. The molecule has 0 radical (unpaired) electrons. The smallest absolute Gasteiger partial charge is 0.433 e. The summed E-state index contributed by atoms with van der Waals surface area (Å²) >= 11 is 3.37. The van der Waals surface area contributed by atoms with Gasteiger partial charge in [-0.1, -0.05) is 28.1 Å². The SMILES string of the molecule is O=C(NCc1ccc(-c2ccc(Br)cc2)o1)c1ccc([N+](=O)[O-])o1. The van der Waals surface area contributed by atoms with E-state index in [2.05, 4.69) is 21.2 Å². The molecule has 0 aliphatic carbocycles. The fourth-order valence-electron chi connectivity index (χ4n) is 2.04. The summed E-state index contributed by atoms with van der Waals surface area (Å²) in [5.41, 5.74) is 0.914. The number of hydrogen-bond donors (Lipinski definition) is 1. The lowest BCUT2D eigenvalue weighted by molar-refractivity contribution is -0.402. The number of furan rings is 2. The normalized spacial score (nSPS) is 10.5. The van der Waals surface area contributed by atoms with Gasteiger partial charge in [0.05, 0.1) is 12.6 Å². The van der Waals surface area contributed by atoms with Crippen LogP contribution in [0.4, 0.5) is 5.88 Å². The Bertz CT molecular complexity index is 882. The molecule has 0 aliphatic rings. The highest BCUT2D eigenvalue weighted by atomic mass is 79.9. The van der Waals surface area contributed by atoms with Crippen molar-refractivity contribution in [1.29, 1.82) is 0 Å². The van der Waals surface area contributed by atoms with Gasteiger partial charge in [-0.25, -0.2) is 0 Å². The van der Waals surface area contributed by atoms with E-state index in [0.29, 0.717) is 11.5 Å². The number of amides is 1. The first-order valence-corrected chi connectivity index (χ1v) is 7.69. The van der Waals surface area contributed by atoms with Gasteiger partial charge in [-0.05, 0) is 30.3 Å². The van der Waals surface area contributed by atoms with Crippen LogP contribution in [0.3, 0.4) is 0 Å². The summed E-state index contributed by atoms with van der Waals surface area (Å²) in [5, 5.41) is 13.1. The molecule has 1 N–H and O–H groups in total. The van der Waals surface area contributed by atoms with Crippen molar-refractivity contribution in [3.63, 3.8) is 0 Å². The average molecular weight is 391 g/mol. The van der Waals surface area contributed by atoms with Crippen LogP contribution < -0.4 is 5.32 Å². The van der Waals surface area contributed by atoms with Gasteiger partial charge in [-0.2, -0.15) is 0 Å². The number of nitro groups is 1. The predicted octanol–water partition coefficient (Wildman–Crippen LogP) is 4.14. The lowest BCUT2D eigenvalue weighted by atomic mass is 10.2. The lowest BCUT2D eigenvalue weighted by Crippen LogP contribution is -2.21. The molecule has 7 nitrogen and oxygen atoms in total. The molecule has 1 aromatic carbocycles. The number of carbonyl (C=O) groups is 1. The minimum absolute atomic E-state index is 0.124. The molecule has 2 heterocycles. The first-order valence-electron chi connectivity index (χ1n) is 6.90. The van der Waals surface area contributed by atoms with Crippen LogP contribution >= 0.6 is 15.9 Å². The molecule has 0 bridgehead atoms. The molecular formula is C16H11BrN2O5. The lowest BCUT2D eigenvalue weighted by Gasteiger charge is -2.01. The van der Waals surface area contributed by atoms with Crippen molar-refractivity contribution in [2.75, 3.05) is 0 Å². The summed E-state index contributed by atoms with van der Waals surface area (Å²) in [5.74, 6) is 0.0875. The molecule has 3 aromatic rings. The molecule has 0 aliphatic heterocycles. The largest absolute Gasteiger partial charge is 0.459 e. The van der Waals surface area contributed by atoms with Gasteiger partial charge >= 0.3 is 5.88 Å². The van der Waals surface area contributed by atoms with E-state index in [4.69, 9.17) is 8.83 Å². The third kappa shape index (κ3) is 3.54. The number of hydrogen-bond acceptors (Lipinski definition) is 5. The first-order chi connectivity index (χ1) is 11.5. The standard InChI is InChI=1S/C16H11BrN2O5/c17-11-3-1-10(2-4-11)13-6-5-12(23-13)9-18-16(20)14-7-8-15(24-14)19(21)22/h1-8H,9H2,(H,18,20). The van der Waals surface area contributed by atoms with Gasteiger partial charge in [0.1, 0.15) is 16.4 Å². The molecule has 24 heavy (non-hydrogen) atoms. The predicted molar refractivity (Wildman–Crippen MR) is 88.4 cm³/mol. The number of nitrogens with one attached hydrogen (secondary N) is 1. The van der Waals surface area contributed by atoms with E-state index in [9.17, 15) is 14.9 Å². The van der Waals surface area contributed by atoms with Crippen molar-refractivity contribution in [3.05, 3.63) is 74.6 Å². The van der Waals surface area contributed by atoms with E-state index >= 15 is 0 Å². The van der Waals surface area contributed by atoms with E-state index < -0.39 is 16.7 Å². The Hall–Kier alpha value is -2.87. The minimum atomic E-state index is -0.701. The molecule has 3 rings (SSSR count). The topological polar surface area (TPSA) is 98.5 Å². The van der Waals surface area contributed by atoms with Crippen LogP contribution in [0.15, 0.2) is 61.8 Å². The summed E-state index contributed by atoms with van der Waals surface area (Å²) in [6.45, 7) is 0.143. The molecule has 0 saturated heterocycles. The molecule has 8 heteroatoms. The van der Waals surface area contributed by atoms with Crippen molar-refractivity contribution in [1.82, 2.24) is 5.32 Å². The monoisotopic (exact) mass is 390 g/mol. The van der Waals surface area contributed by atoms with Crippen LogP contribution in [-0.2, 0) is 6.54 Å². The second-order valence-electron chi connectivity index (χ2n) is 4.85. The third-order valence-corrected chi connectivity index (χ3v) is 3.74. The fourth-order valence-corrected chi connectivity index (χ4v) is 2.31. The summed E-state index contributed by atoms with van der Waals surface area (Å²) in [7, 11) is 0. The van der Waals surface area contributed by atoms with E-state index in [1.54, 1.807) is 6.07 Å². The number of benzene rings is 1. The average Bonchev–Trinajstić information content (AvgIpc) is 3.23. The second-order valence-corrected chi connectivity index (χ2v) is 5.77. The highest BCUT2D eigenvalue weighted by Gasteiger charge is 2.17. The van der Waals surface area contributed by atoms with Crippen LogP contribution in [0.1, 0.15) is 16.3 Å². The van der Waals surface area contributed by atoms with Crippen LogP contribution in [0.5, 0.6) is 0 Å². The third-order valence-electron chi connectivity index (χ3n) is 3.21. The van der Waals surface area contributed by atoms with Crippen LogP contribution in [0.2, 0.25) is 0 Å². The van der Waals surface area contributed by atoms with Gasteiger partial charge in [0, 0.05) is 10.0 Å². The van der Waals surface area contributed by atoms with Gasteiger partial charge in [-0.3, -0.25) is 14.9 Å². The minimum Gasteiger partial charge on any atom is -0.459 e. The van der Waals surface area contributed by atoms with E-state index in [0.717, 1.165) is 16.1 Å². The van der Waals surface area contributed by atoms with Gasteiger partial charge in [-0.15, -0.1) is 0 Å². The van der Waals surface area contributed by atoms with Crippen LogP contribution in [0.25, 0.3) is 11.3 Å².